The molecule has 0 saturated heterocycles. The van der Waals surface area contributed by atoms with Gasteiger partial charge in [-0.1, -0.05) is 36.4 Å². The van der Waals surface area contributed by atoms with E-state index < -0.39 is 0 Å². The Balaban J connectivity index is 2.20. The average Bonchev–Trinajstić information content (AvgIpc) is 2.40. The molecule has 2 rings (SSSR count). The van der Waals surface area contributed by atoms with Crippen LogP contribution >= 0.6 is 39.3 Å². The van der Waals surface area contributed by atoms with Gasteiger partial charge in [-0.05, 0) is 40.5 Å². The molecule has 0 amide bonds. The van der Waals surface area contributed by atoms with E-state index in [2.05, 4.69) is 38.1 Å². The van der Waals surface area contributed by atoms with Gasteiger partial charge in [-0.25, -0.2) is 9.97 Å². The number of anilines is 1. The topological polar surface area (TPSA) is 37.8 Å². The zero-order chi connectivity index (χ0) is 13.7. The van der Waals surface area contributed by atoms with Crippen LogP contribution in [0, 0.1) is 0 Å². The van der Waals surface area contributed by atoms with E-state index in [0.717, 1.165) is 38.2 Å². The average molecular weight is 359 g/mol. The van der Waals surface area contributed by atoms with Crippen LogP contribution in [0.15, 0.2) is 45.0 Å². The Labute approximate surface area is 130 Å². The Morgan fingerprint density at radius 1 is 1.37 bits per heavy atom. The van der Waals surface area contributed by atoms with Crippen LogP contribution in [0.3, 0.4) is 0 Å². The maximum atomic E-state index is 5.98. The molecular weight excluding hydrogens is 346 g/mol. The monoisotopic (exact) mass is 357 g/mol. The molecule has 0 unspecified atom stereocenters. The Morgan fingerprint density at radius 3 is 2.95 bits per heavy atom. The van der Waals surface area contributed by atoms with E-state index in [4.69, 9.17) is 11.6 Å². The predicted octanol–water partition coefficient (Wildman–Crippen LogP) is 4.87. The van der Waals surface area contributed by atoms with E-state index in [0.29, 0.717) is 0 Å². The number of hydrogen-bond acceptors (Lipinski definition) is 4. The van der Waals surface area contributed by atoms with Crippen molar-refractivity contribution in [3.63, 3.8) is 0 Å². The van der Waals surface area contributed by atoms with E-state index in [1.807, 2.05) is 24.3 Å². The van der Waals surface area contributed by atoms with Crippen molar-refractivity contribution in [3.8, 4) is 0 Å². The zero-order valence-electron chi connectivity index (χ0n) is 10.4. The van der Waals surface area contributed by atoms with Crippen molar-refractivity contribution in [2.24, 2.45) is 0 Å². The molecule has 0 fully saturated rings. The van der Waals surface area contributed by atoms with E-state index in [9.17, 15) is 0 Å². The van der Waals surface area contributed by atoms with Gasteiger partial charge in [0.1, 0.15) is 17.2 Å². The number of rotatable bonds is 5. The smallest absolute Gasteiger partial charge is 0.144 e. The van der Waals surface area contributed by atoms with Gasteiger partial charge in [-0.15, -0.1) is 0 Å². The molecule has 0 spiro atoms. The SMILES string of the molecule is CCCNc1ncnc(Sc2cccc(Cl)c2)c1Br. The molecule has 0 bridgehead atoms. The third-order valence-corrected chi connectivity index (χ3v) is 4.55. The number of nitrogens with one attached hydrogen (secondary N) is 1. The minimum Gasteiger partial charge on any atom is -0.369 e. The van der Waals surface area contributed by atoms with Crippen LogP contribution in [0.5, 0.6) is 0 Å². The van der Waals surface area contributed by atoms with Gasteiger partial charge in [-0.2, -0.15) is 0 Å². The maximum Gasteiger partial charge on any atom is 0.144 e. The summed E-state index contributed by atoms with van der Waals surface area (Å²) in [6.45, 7) is 3.00. The summed E-state index contributed by atoms with van der Waals surface area (Å²) in [6, 6.07) is 7.70. The van der Waals surface area contributed by atoms with Crippen LogP contribution in [0.25, 0.3) is 0 Å². The van der Waals surface area contributed by atoms with Crippen LogP contribution in [0.2, 0.25) is 5.02 Å². The molecule has 1 aromatic carbocycles. The second-order valence-corrected chi connectivity index (χ2v) is 6.12. The molecule has 0 aliphatic heterocycles. The molecule has 1 N–H and O–H groups in total. The predicted molar refractivity (Wildman–Crippen MR) is 84.1 cm³/mol. The van der Waals surface area contributed by atoms with Crippen molar-refractivity contribution < 1.29 is 0 Å². The summed E-state index contributed by atoms with van der Waals surface area (Å²) in [7, 11) is 0. The minimum atomic E-state index is 0.722. The zero-order valence-corrected chi connectivity index (χ0v) is 13.5. The summed E-state index contributed by atoms with van der Waals surface area (Å²) in [6.07, 6.45) is 2.61. The number of hydrogen-bond donors (Lipinski definition) is 1. The molecule has 100 valence electrons. The summed E-state index contributed by atoms with van der Waals surface area (Å²) in [5, 5.41) is 4.86. The molecule has 0 aliphatic rings. The molecular formula is C13H13BrClN3S. The third kappa shape index (κ3) is 4.09. The van der Waals surface area contributed by atoms with E-state index in [1.165, 1.54) is 0 Å². The molecule has 6 heteroatoms. The fourth-order valence-electron chi connectivity index (χ4n) is 1.43. The molecule has 0 atom stereocenters. The molecule has 1 aromatic heterocycles. The number of halogens is 2. The van der Waals surface area contributed by atoms with Crippen LogP contribution in [0.1, 0.15) is 13.3 Å². The summed E-state index contributed by atoms with van der Waals surface area (Å²) in [5.74, 6) is 0.821. The summed E-state index contributed by atoms with van der Waals surface area (Å²) in [5.41, 5.74) is 0. The highest BCUT2D eigenvalue weighted by Crippen LogP contribution is 2.35. The first-order valence-corrected chi connectivity index (χ1v) is 7.87. The van der Waals surface area contributed by atoms with E-state index in [1.54, 1.807) is 18.1 Å². The molecule has 0 saturated carbocycles. The first-order chi connectivity index (χ1) is 9.20. The van der Waals surface area contributed by atoms with Gasteiger partial charge in [-0.3, -0.25) is 0 Å². The first-order valence-electron chi connectivity index (χ1n) is 5.88. The standard InChI is InChI=1S/C13H13BrClN3S/c1-2-6-16-12-11(14)13(18-8-17-12)19-10-5-3-4-9(15)7-10/h3-5,7-8H,2,6H2,1H3,(H,16,17,18). The Kier molecular flexibility index (Phi) is 5.48. The van der Waals surface area contributed by atoms with Crippen molar-refractivity contribution in [2.45, 2.75) is 23.3 Å². The minimum absolute atomic E-state index is 0.722. The lowest BCUT2D eigenvalue weighted by Gasteiger charge is -2.09. The number of aromatic nitrogens is 2. The van der Waals surface area contributed by atoms with Crippen molar-refractivity contribution in [2.75, 3.05) is 11.9 Å². The normalized spacial score (nSPS) is 10.5. The number of nitrogens with zero attached hydrogens (tertiary/aromatic N) is 2. The highest BCUT2D eigenvalue weighted by molar-refractivity contribution is 9.10. The highest BCUT2D eigenvalue weighted by Gasteiger charge is 2.09. The Bertz CT molecular complexity index is 565. The Morgan fingerprint density at radius 2 is 2.21 bits per heavy atom. The molecule has 2 aromatic rings. The van der Waals surface area contributed by atoms with E-state index >= 15 is 0 Å². The molecule has 0 radical (unpaired) electrons. The second-order valence-electron chi connectivity index (χ2n) is 3.83. The second kappa shape index (κ2) is 7.12. The van der Waals surface area contributed by atoms with Crippen molar-refractivity contribution >= 4 is 45.1 Å². The lowest BCUT2D eigenvalue weighted by atomic mass is 10.4. The van der Waals surface area contributed by atoms with Crippen LogP contribution < -0.4 is 5.32 Å². The molecule has 0 aliphatic carbocycles. The first kappa shape index (κ1) is 14.6. The van der Waals surface area contributed by atoms with Gasteiger partial charge in [0.25, 0.3) is 0 Å². The lowest BCUT2D eigenvalue weighted by Crippen LogP contribution is -2.03. The van der Waals surface area contributed by atoms with Crippen molar-refractivity contribution in [3.05, 3.63) is 40.1 Å². The number of benzene rings is 1. The van der Waals surface area contributed by atoms with E-state index in [-0.39, 0.29) is 0 Å². The molecule has 19 heavy (non-hydrogen) atoms. The summed E-state index contributed by atoms with van der Waals surface area (Å²) < 4.78 is 0.883. The highest BCUT2D eigenvalue weighted by atomic mass is 79.9. The summed E-state index contributed by atoms with van der Waals surface area (Å²) >= 11 is 11.1. The fraction of sp³-hybridized carbons (Fsp3) is 0.231. The fourth-order valence-corrected chi connectivity index (χ4v) is 3.12. The Hall–Kier alpha value is -0.780. The van der Waals surface area contributed by atoms with Crippen LogP contribution in [-0.4, -0.2) is 16.5 Å². The van der Waals surface area contributed by atoms with Gasteiger partial charge >= 0.3 is 0 Å². The van der Waals surface area contributed by atoms with Gasteiger partial charge in [0.15, 0.2) is 0 Å². The quantitative estimate of drug-likeness (QED) is 0.774. The van der Waals surface area contributed by atoms with Crippen LogP contribution in [-0.2, 0) is 0 Å². The van der Waals surface area contributed by atoms with Crippen LogP contribution in [0.4, 0.5) is 5.82 Å². The lowest BCUT2D eigenvalue weighted by molar-refractivity contribution is 0.946. The largest absolute Gasteiger partial charge is 0.369 e. The van der Waals surface area contributed by atoms with Gasteiger partial charge in [0, 0.05) is 16.5 Å². The summed E-state index contributed by atoms with van der Waals surface area (Å²) in [4.78, 5) is 9.57. The maximum absolute atomic E-state index is 5.98. The van der Waals surface area contributed by atoms with Crippen molar-refractivity contribution in [1.82, 2.24) is 9.97 Å². The van der Waals surface area contributed by atoms with Gasteiger partial charge in [0.2, 0.25) is 0 Å². The van der Waals surface area contributed by atoms with Gasteiger partial charge < -0.3 is 5.32 Å². The van der Waals surface area contributed by atoms with Gasteiger partial charge in [0.05, 0.1) is 4.47 Å². The van der Waals surface area contributed by atoms with Crippen molar-refractivity contribution in [1.29, 1.82) is 0 Å². The molecule has 1 heterocycles. The third-order valence-electron chi connectivity index (χ3n) is 2.31. The molecule has 3 nitrogen and oxygen atoms in total.